The van der Waals surface area contributed by atoms with E-state index in [0.717, 1.165) is 17.0 Å². The molecule has 1 unspecified atom stereocenters. The van der Waals surface area contributed by atoms with Crippen molar-refractivity contribution in [2.75, 3.05) is 7.05 Å². The molecule has 2 aromatic rings. The average molecular weight is 274 g/mol. The van der Waals surface area contributed by atoms with Gasteiger partial charge in [-0.05, 0) is 55.6 Å². The van der Waals surface area contributed by atoms with Crippen LogP contribution in [-0.4, -0.2) is 7.05 Å². The molecular weight excluding hydrogens is 254 g/mol. The van der Waals surface area contributed by atoms with E-state index >= 15 is 0 Å². The van der Waals surface area contributed by atoms with Gasteiger partial charge in [-0.2, -0.15) is 0 Å². The first kappa shape index (κ1) is 14.1. The number of nitrogens with one attached hydrogen (secondary N) is 1. The van der Waals surface area contributed by atoms with Gasteiger partial charge in [0.2, 0.25) is 0 Å². The van der Waals surface area contributed by atoms with Gasteiger partial charge in [-0.25, -0.2) is 0 Å². The van der Waals surface area contributed by atoms with Crippen LogP contribution in [0.5, 0.6) is 0 Å². The first-order chi connectivity index (χ1) is 9.11. The van der Waals surface area contributed by atoms with Gasteiger partial charge >= 0.3 is 0 Å². The molecule has 1 nitrogen and oxygen atoms in total. The lowest BCUT2D eigenvalue weighted by Crippen LogP contribution is -2.19. The van der Waals surface area contributed by atoms with Crippen molar-refractivity contribution >= 4 is 11.6 Å². The number of benzene rings is 2. The van der Waals surface area contributed by atoms with E-state index in [9.17, 15) is 0 Å². The number of rotatable bonds is 4. The summed E-state index contributed by atoms with van der Waals surface area (Å²) < 4.78 is 0. The maximum absolute atomic E-state index is 6.28. The Labute approximate surface area is 120 Å². The third kappa shape index (κ3) is 3.37. The molecule has 0 radical (unpaired) electrons. The van der Waals surface area contributed by atoms with Crippen molar-refractivity contribution in [2.24, 2.45) is 0 Å². The van der Waals surface area contributed by atoms with Crippen LogP contribution in [0, 0.1) is 13.8 Å². The Morgan fingerprint density at radius 2 is 1.79 bits per heavy atom. The predicted octanol–water partition coefficient (Wildman–Crippen LogP) is 4.46. The molecule has 0 aromatic heterocycles. The first-order valence-electron chi connectivity index (χ1n) is 6.59. The summed E-state index contributed by atoms with van der Waals surface area (Å²) in [6, 6.07) is 14.9. The zero-order chi connectivity index (χ0) is 13.8. The highest BCUT2D eigenvalue weighted by molar-refractivity contribution is 6.31. The van der Waals surface area contributed by atoms with Gasteiger partial charge in [0, 0.05) is 11.1 Å². The van der Waals surface area contributed by atoms with Gasteiger partial charge in [-0.1, -0.05) is 48.0 Å². The number of hydrogen-bond acceptors (Lipinski definition) is 1. The van der Waals surface area contributed by atoms with Crippen LogP contribution in [0.3, 0.4) is 0 Å². The third-order valence-electron chi connectivity index (χ3n) is 3.64. The van der Waals surface area contributed by atoms with Crippen LogP contribution in [-0.2, 0) is 6.42 Å². The average Bonchev–Trinajstić information content (AvgIpc) is 2.41. The fraction of sp³-hybridized carbons (Fsp3) is 0.294. The molecule has 19 heavy (non-hydrogen) atoms. The van der Waals surface area contributed by atoms with E-state index in [0.29, 0.717) is 0 Å². The Morgan fingerprint density at radius 3 is 2.42 bits per heavy atom. The molecule has 0 spiro atoms. The number of aryl methyl sites for hydroxylation is 2. The summed E-state index contributed by atoms with van der Waals surface area (Å²) in [5.41, 5.74) is 5.17. The van der Waals surface area contributed by atoms with Crippen molar-refractivity contribution in [3.05, 3.63) is 69.7 Å². The molecule has 0 aliphatic heterocycles. The molecule has 100 valence electrons. The monoisotopic (exact) mass is 273 g/mol. The number of likely N-dealkylation sites (N-methyl/N-ethyl adjacent to an activating group) is 1. The Morgan fingerprint density at radius 1 is 1.05 bits per heavy atom. The Kier molecular flexibility index (Phi) is 4.62. The van der Waals surface area contributed by atoms with E-state index < -0.39 is 0 Å². The SMILES string of the molecule is CNC(Cc1ccc(C)c(C)c1)c1ccccc1Cl. The van der Waals surface area contributed by atoms with Crippen molar-refractivity contribution < 1.29 is 0 Å². The number of halogens is 1. The second-order valence-corrected chi connectivity index (χ2v) is 5.39. The Balaban J connectivity index is 2.24. The summed E-state index contributed by atoms with van der Waals surface area (Å²) in [6.07, 6.45) is 0.946. The van der Waals surface area contributed by atoms with Gasteiger partial charge in [0.05, 0.1) is 0 Å². The fourth-order valence-corrected chi connectivity index (χ4v) is 2.56. The van der Waals surface area contributed by atoms with Gasteiger partial charge in [-0.3, -0.25) is 0 Å². The minimum absolute atomic E-state index is 0.246. The predicted molar refractivity (Wildman–Crippen MR) is 82.9 cm³/mol. The van der Waals surface area contributed by atoms with Gasteiger partial charge in [0.1, 0.15) is 0 Å². The largest absolute Gasteiger partial charge is 0.313 e. The van der Waals surface area contributed by atoms with E-state index in [4.69, 9.17) is 11.6 Å². The summed E-state index contributed by atoms with van der Waals surface area (Å²) in [5.74, 6) is 0. The van der Waals surface area contributed by atoms with Gasteiger partial charge in [0.15, 0.2) is 0 Å². The normalized spacial score (nSPS) is 12.4. The van der Waals surface area contributed by atoms with E-state index in [1.54, 1.807) is 0 Å². The maximum Gasteiger partial charge on any atom is 0.0453 e. The highest BCUT2D eigenvalue weighted by Crippen LogP contribution is 2.25. The molecule has 0 aliphatic carbocycles. The molecular formula is C17H20ClN. The van der Waals surface area contributed by atoms with Crippen LogP contribution in [0.25, 0.3) is 0 Å². The summed E-state index contributed by atoms with van der Waals surface area (Å²) in [5, 5.41) is 4.18. The van der Waals surface area contributed by atoms with Crippen molar-refractivity contribution in [1.82, 2.24) is 5.32 Å². The third-order valence-corrected chi connectivity index (χ3v) is 3.98. The summed E-state index contributed by atoms with van der Waals surface area (Å²) in [7, 11) is 1.98. The lowest BCUT2D eigenvalue weighted by Gasteiger charge is -2.18. The minimum Gasteiger partial charge on any atom is -0.313 e. The van der Waals surface area contributed by atoms with Crippen LogP contribution >= 0.6 is 11.6 Å². The summed E-state index contributed by atoms with van der Waals surface area (Å²) >= 11 is 6.28. The molecule has 0 fully saturated rings. The van der Waals surface area contributed by atoms with Crippen molar-refractivity contribution in [1.29, 1.82) is 0 Å². The quantitative estimate of drug-likeness (QED) is 0.867. The van der Waals surface area contributed by atoms with E-state index in [-0.39, 0.29) is 6.04 Å². The van der Waals surface area contributed by atoms with Crippen LogP contribution in [0.15, 0.2) is 42.5 Å². The molecule has 1 N–H and O–H groups in total. The fourth-order valence-electron chi connectivity index (χ4n) is 2.29. The smallest absolute Gasteiger partial charge is 0.0453 e. The van der Waals surface area contributed by atoms with Crippen LogP contribution in [0.2, 0.25) is 5.02 Å². The standard InChI is InChI=1S/C17H20ClN/c1-12-8-9-14(10-13(12)2)11-17(19-3)15-6-4-5-7-16(15)18/h4-10,17,19H,11H2,1-3H3. The molecule has 0 saturated carbocycles. The topological polar surface area (TPSA) is 12.0 Å². The van der Waals surface area contributed by atoms with Crippen molar-refractivity contribution in [3.63, 3.8) is 0 Å². The molecule has 0 aliphatic rings. The Bertz CT molecular complexity index is 563. The van der Waals surface area contributed by atoms with Gasteiger partial charge in [0.25, 0.3) is 0 Å². The van der Waals surface area contributed by atoms with E-state index in [2.05, 4.69) is 43.4 Å². The number of hydrogen-bond donors (Lipinski definition) is 1. The second-order valence-electron chi connectivity index (χ2n) is 4.99. The van der Waals surface area contributed by atoms with Crippen molar-refractivity contribution in [3.8, 4) is 0 Å². The van der Waals surface area contributed by atoms with Crippen molar-refractivity contribution in [2.45, 2.75) is 26.3 Å². The lowest BCUT2D eigenvalue weighted by atomic mass is 9.96. The first-order valence-corrected chi connectivity index (χ1v) is 6.97. The molecule has 0 bridgehead atoms. The zero-order valence-corrected chi connectivity index (χ0v) is 12.5. The summed E-state index contributed by atoms with van der Waals surface area (Å²) in [4.78, 5) is 0. The molecule has 2 heteroatoms. The van der Waals surface area contributed by atoms with E-state index in [1.807, 2.05) is 25.2 Å². The molecule has 0 amide bonds. The minimum atomic E-state index is 0.246. The zero-order valence-electron chi connectivity index (χ0n) is 11.7. The summed E-state index contributed by atoms with van der Waals surface area (Å²) in [6.45, 7) is 4.30. The molecule has 2 rings (SSSR count). The highest BCUT2D eigenvalue weighted by atomic mass is 35.5. The maximum atomic E-state index is 6.28. The molecule has 2 aromatic carbocycles. The van der Waals surface area contributed by atoms with Crippen LogP contribution in [0.1, 0.15) is 28.3 Å². The second kappa shape index (κ2) is 6.23. The molecule has 0 heterocycles. The van der Waals surface area contributed by atoms with E-state index in [1.165, 1.54) is 16.7 Å². The lowest BCUT2D eigenvalue weighted by molar-refractivity contribution is 0.592. The highest BCUT2D eigenvalue weighted by Gasteiger charge is 2.13. The Hall–Kier alpha value is -1.31. The van der Waals surface area contributed by atoms with Crippen LogP contribution in [0.4, 0.5) is 0 Å². The van der Waals surface area contributed by atoms with Crippen LogP contribution < -0.4 is 5.32 Å². The van der Waals surface area contributed by atoms with Gasteiger partial charge in [-0.15, -0.1) is 0 Å². The molecule has 1 atom stereocenters. The van der Waals surface area contributed by atoms with Gasteiger partial charge < -0.3 is 5.32 Å². The molecule has 0 saturated heterocycles.